The molecule has 0 aliphatic heterocycles. The van der Waals surface area contributed by atoms with E-state index in [1.807, 2.05) is 6.92 Å². The summed E-state index contributed by atoms with van der Waals surface area (Å²) in [7, 11) is -4.96. The summed E-state index contributed by atoms with van der Waals surface area (Å²) in [5, 5.41) is -0.681. The summed E-state index contributed by atoms with van der Waals surface area (Å²) in [4.78, 5) is 0. The zero-order valence-corrected chi connectivity index (χ0v) is 17.4. The Morgan fingerprint density at radius 1 is 1.16 bits per heavy atom. The molecule has 0 aromatic carbocycles. The van der Waals surface area contributed by atoms with Crippen LogP contribution in [0.1, 0.15) is 40.5 Å². The Hall–Kier alpha value is 0.371. The maximum atomic E-state index is 12.1. The van der Waals surface area contributed by atoms with Crippen LogP contribution in [0.3, 0.4) is 0 Å². The number of hydrogen-bond donors (Lipinski definition) is 0. The average molecular weight is 321 g/mol. The van der Waals surface area contributed by atoms with E-state index in [0.29, 0.717) is 0 Å². The van der Waals surface area contributed by atoms with Crippen LogP contribution >= 0.6 is 0 Å². The second kappa shape index (κ2) is 6.89. The zero-order valence-electron chi connectivity index (χ0n) is 14.2. The molecule has 0 saturated carbocycles. The molecule has 19 heavy (non-hydrogen) atoms. The quantitative estimate of drug-likeness (QED) is 0.640. The molecule has 114 valence electrons. The second-order valence-electron chi connectivity index (χ2n) is 6.50. The van der Waals surface area contributed by atoms with Gasteiger partial charge in [0.1, 0.15) is 0 Å². The standard InChI is InChI=1S/C13H32O3Si3/c1-10-12(3,18(7)14)16-19(8,9)13(4,11-2)15-17(5)6/h17H,10-11H2,1-9H3. The third-order valence-corrected chi connectivity index (χ3v) is 11.7. The van der Waals surface area contributed by atoms with Gasteiger partial charge in [-0.05, 0) is 59.4 Å². The molecule has 0 saturated heterocycles. The lowest BCUT2D eigenvalue weighted by Gasteiger charge is -2.47. The third-order valence-electron chi connectivity index (χ3n) is 4.34. The van der Waals surface area contributed by atoms with Gasteiger partial charge < -0.3 is 13.3 Å². The summed E-state index contributed by atoms with van der Waals surface area (Å²) in [6.07, 6.45) is 1.73. The topological polar surface area (TPSA) is 35.5 Å². The normalized spacial score (nSPS) is 19.1. The lowest BCUT2D eigenvalue weighted by molar-refractivity contribution is 0.0805. The van der Waals surface area contributed by atoms with Crippen molar-refractivity contribution in [2.75, 3.05) is 0 Å². The SMILES string of the molecule is CCC(C)(O[Si](C)(C)C(C)(CC)O[SiH](C)C)[Si](C)=O. The molecule has 2 atom stereocenters. The summed E-state index contributed by atoms with van der Waals surface area (Å²) in [6.45, 7) is 19.0. The van der Waals surface area contributed by atoms with Gasteiger partial charge in [-0.1, -0.05) is 13.8 Å². The highest BCUT2D eigenvalue weighted by atomic mass is 28.4. The van der Waals surface area contributed by atoms with E-state index in [0.717, 1.165) is 12.8 Å². The highest BCUT2D eigenvalue weighted by Crippen LogP contribution is 2.34. The van der Waals surface area contributed by atoms with Crippen molar-refractivity contribution in [3.05, 3.63) is 0 Å². The summed E-state index contributed by atoms with van der Waals surface area (Å²) in [5.41, 5.74) is 0. The van der Waals surface area contributed by atoms with Crippen LogP contribution in [-0.2, 0) is 13.3 Å². The minimum atomic E-state index is -2.10. The molecule has 2 unspecified atom stereocenters. The summed E-state index contributed by atoms with van der Waals surface area (Å²) >= 11 is 0. The van der Waals surface area contributed by atoms with E-state index in [2.05, 4.69) is 47.0 Å². The average Bonchev–Trinajstić information content (AvgIpc) is 2.26. The Morgan fingerprint density at radius 2 is 1.63 bits per heavy atom. The van der Waals surface area contributed by atoms with Crippen LogP contribution < -0.4 is 0 Å². The Bertz CT molecular complexity index is 320. The van der Waals surface area contributed by atoms with Crippen LogP contribution in [0.5, 0.6) is 0 Å². The van der Waals surface area contributed by atoms with Crippen LogP contribution in [0.2, 0.25) is 32.7 Å². The van der Waals surface area contributed by atoms with Gasteiger partial charge in [0.2, 0.25) is 8.32 Å². The molecule has 6 heteroatoms. The van der Waals surface area contributed by atoms with E-state index in [1.165, 1.54) is 0 Å². The van der Waals surface area contributed by atoms with Crippen LogP contribution in [0.4, 0.5) is 0 Å². The molecule has 0 heterocycles. The molecule has 0 aliphatic rings. The lowest BCUT2D eigenvalue weighted by Crippen LogP contribution is -2.62. The monoisotopic (exact) mass is 320 g/mol. The van der Waals surface area contributed by atoms with E-state index in [4.69, 9.17) is 8.85 Å². The molecule has 0 amide bonds. The fourth-order valence-electron chi connectivity index (χ4n) is 2.24. The predicted octanol–water partition coefficient (Wildman–Crippen LogP) is 3.68. The van der Waals surface area contributed by atoms with Gasteiger partial charge in [0.15, 0.2) is 9.04 Å². The first-order valence-electron chi connectivity index (χ1n) is 7.33. The van der Waals surface area contributed by atoms with Crippen LogP contribution in [0.15, 0.2) is 0 Å². The largest absolute Gasteiger partial charge is 0.415 e. The summed E-state index contributed by atoms with van der Waals surface area (Å²) in [5.74, 6) is 0. The van der Waals surface area contributed by atoms with Crippen LogP contribution in [0.25, 0.3) is 0 Å². The molecular weight excluding hydrogens is 288 g/mol. The molecule has 0 rings (SSSR count). The van der Waals surface area contributed by atoms with Crippen molar-refractivity contribution in [3.63, 3.8) is 0 Å². The predicted molar refractivity (Wildman–Crippen MR) is 88.2 cm³/mol. The van der Waals surface area contributed by atoms with E-state index in [9.17, 15) is 4.46 Å². The summed E-state index contributed by atoms with van der Waals surface area (Å²) in [6, 6.07) is 0. The van der Waals surface area contributed by atoms with Crippen molar-refractivity contribution >= 4 is 26.0 Å². The molecule has 0 aliphatic carbocycles. The van der Waals surface area contributed by atoms with Gasteiger partial charge in [0.25, 0.3) is 0 Å². The molecule has 3 nitrogen and oxygen atoms in total. The van der Waals surface area contributed by atoms with Gasteiger partial charge in [0, 0.05) is 0 Å². The Balaban J connectivity index is 5.28. The maximum Gasteiger partial charge on any atom is 0.305 e. The minimum Gasteiger partial charge on any atom is -0.415 e. The minimum absolute atomic E-state index is 0.193. The van der Waals surface area contributed by atoms with Gasteiger partial charge in [-0.2, -0.15) is 0 Å². The van der Waals surface area contributed by atoms with Gasteiger partial charge in [-0.25, -0.2) is 0 Å². The van der Waals surface area contributed by atoms with E-state index >= 15 is 0 Å². The van der Waals surface area contributed by atoms with Crippen LogP contribution in [0, 0.1) is 0 Å². The molecule has 0 bridgehead atoms. The Labute approximate surface area is 123 Å². The van der Waals surface area contributed by atoms with Crippen molar-refractivity contribution in [1.29, 1.82) is 0 Å². The fraction of sp³-hybridized carbons (Fsp3) is 1.00. The number of hydrogen-bond acceptors (Lipinski definition) is 3. The molecule has 0 spiro atoms. The zero-order chi connectivity index (χ0) is 15.5. The molecule has 0 N–H and O–H groups in total. The smallest absolute Gasteiger partial charge is 0.305 e. The molecule has 0 fully saturated rings. The highest BCUT2D eigenvalue weighted by molar-refractivity contribution is 6.75. The van der Waals surface area contributed by atoms with Crippen molar-refractivity contribution in [2.24, 2.45) is 0 Å². The molecule has 0 radical (unpaired) electrons. The highest BCUT2D eigenvalue weighted by Gasteiger charge is 2.49. The van der Waals surface area contributed by atoms with Gasteiger partial charge in [-0.15, -0.1) is 0 Å². The lowest BCUT2D eigenvalue weighted by atomic mass is 10.3. The van der Waals surface area contributed by atoms with Crippen molar-refractivity contribution < 1.29 is 13.3 Å². The fourth-order valence-corrected chi connectivity index (χ4v) is 9.46. The van der Waals surface area contributed by atoms with Gasteiger partial charge in [0.05, 0.1) is 10.4 Å². The van der Waals surface area contributed by atoms with Gasteiger partial charge >= 0.3 is 8.68 Å². The Kier molecular flexibility index (Phi) is 7.02. The summed E-state index contributed by atoms with van der Waals surface area (Å²) < 4.78 is 24.8. The first-order chi connectivity index (χ1) is 8.44. The second-order valence-corrected chi connectivity index (χ2v) is 15.3. The van der Waals surface area contributed by atoms with E-state index in [1.54, 1.807) is 6.55 Å². The Morgan fingerprint density at radius 3 is 1.89 bits per heavy atom. The first-order valence-corrected chi connectivity index (χ1v) is 14.9. The first kappa shape index (κ1) is 19.4. The molecule has 0 aromatic rings. The number of rotatable bonds is 8. The van der Waals surface area contributed by atoms with E-state index in [-0.39, 0.29) is 5.22 Å². The van der Waals surface area contributed by atoms with Crippen molar-refractivity contribution in [2.45, 2.75) is 83.7 Å². The van der Waals surface area contributed by atoms with E-state index < -0.39 is 31.3 Å². The maximum absolute atomic E-state index is 12.1. The molecule has 0 aromatic heterocycles. The van der Waals surface area contributed by atoms with Crippen molar-refractivity contribution in [1.82, 2.24) is 0 Å². The third kappa shape index (κ3) is 4.70. The van der Waals surface area contributed by atoms with Crippen LogP contribution in [-0.4, -0.2) is 36.5 Å². The van der Waals surface area contributed by atoms with Crippen molar-refractivity contribution in [3.8, 4) is 0 Å². The van der Waals surface area contributed by atoms with Gasteiger partial charge in [-0.3, -0.25) is 0 Å². The molecular formula is C13H32O3Si3.